The van der Waals surface area contributed by atoms with Crippen LogP contribution < -0.4 is 10.2 Å². The van der Waals surface area contributed by atoms with Crippen molar-refractivity contribution < 1.29 is 14.3 Å². The van der Waals surface area contributed by atoms with Gasteiger partial charge in [0, 0.05) is 5.39 Å². The average Bonchev–Trinajstić information content (AvgIpc) is 2.79. The third kappa shape index (κ3) is 4.16. The first-order valence-electron chi connectivity index (χ1n) is 10.2. The van der Waals surface area contributed by atoms with Gasteiger partial charge in [-0.15, -0.1) is 0 Å². The van der Waals surface area contributed by atoms with Crippen LogP contribution in [0.25, 0.3) is 10.9 Å². The number of para-hydroxylation sites is 2. The number of carbonyl (C=O) groups excluding carboxylic acids is 2. The zero-order valence-electron chi connectivity index (χ0n) is 18.1. The summed E-state index contributed by atoms with van der Waals surface area (Å²) in [6.07, 6.45) is 0. The van der Waals surface area contributed by atoms with Crippen LogP contribution in [0, 0.1) is 13.8 Å². The van der Waals surface area contributed by atoms with Crippen molar-refractivity contribution in [3.8, 4) is 0 Å². The van der Waals surface area contributed by atoms with Gasteiger partial charge in [0.15, 0.2) is 5.69 Å². The molecule has 0 radical (unpaired) electrons. The molecule has 4 aromatic rings. The summed E-state index contributed by atoms with van der Waals surface area (Å²) in [5.74, 6) is -0.565. The lowest BCUT2D eigenvalue weighted by atomic mass is 10.0. The molecular weight excluding hydrogens is 402 g/mol. The molecule has 0 atom stereocenters. The summed E-state index contributed by atoms with van der Waals surface area (Å²) in [5.41, 5.74) is 4.64. The molecule has 0 unspecified atom stereocenters. The Kier molecular flexibility index (Phi) is 5.85. The van der Waals surface area contributed by atoms with E-state index < -0.39 is 5.97 Å². The van der Waals surface area contributed by atoms with E-state index in [4.69, 9.17) is 4.74 Å². The minimum atomic E-state index is -0.565. The van der Waals surface area contributed by atoms with Crippen molar-refractivity contribution in [2.45, 2.75) is 13.8 Å². The monoisotopic (exact) mass is 425 g/mol. The topological polar surface area (TPSA) is 71.5 Å². The van der Waals surface area contributed by atoms with Crippen LogP contribution in [0.3, 0.4) is 0 Å². The van der Waals surface area contributed by atoms with E-state index in [1.54, 1.807) is 11.0 Å². The summed E-state index contributed by atoms with van der Waals surface area (Å²) < 4.78 is 4.87. The number of pyridine rings is 1. The van der Waals surface area contributed by atoms with Crippen molar-refractivity contribution >= 4 is 40.0 Å². The smallest absolute Gasteiger partial charge is 0.356 e. The summed E-state index contributed by atoms with van der Waals surface area (Å²) >= 11 is 0. The molecule has 2 amide bonds. The van der Waals surface area contributed by atoms with Crippen LogP contribution in [0.2, 0.25) is 0 Å². The first-order valence-corrected chi connectivity index (χ1v) is 10.2. The second-order valence-electron chi connectivity index (χ2n) is 7.46. The molecule has 0 bridgehead atoms. The molecule has 1 aromatic heterocycles. The number of benzene rings is 3. The molecule has 0 aliphatic rings. The van der Waals surface area contributed by atoms with Crippen molar-refractivity contribution in [2.24, 2.45) is 0 Å². The van der Waals surface area contributed by atoms with Gasteiger partial charge in [-0.05, 0) is 61.4 Å². The summed E-state index contributed by atoms with van der Waals surface area (Å²) in [7, 11) is 1.31. The van der Waals surface area contributed by atoms with E-state index in [-0.39, 0.29) is 11.7 Å². The Morgan fingerprint density at radius 3 is 2.03 bits per heavy atom. The highest BCUT2D eigenvalue weighted by molar-refractivity contribution is 6.11. The van der Waals surface area contributed by atoms with Gasteiger partial charge in [0.25, 0.3) is 0 Å². The van der Waals surface area contributed by atoms with Crippen LogP contribution in [0.15, 0.2) is 78.9 Å². The quantitative estimate of drug-likeness (QED) is 0.407. The molecule has 32 heavy (non-hydrogen) atoms. The number of hydrogen-bond acceptors (Lipinski definition) is 4. The fraction of sp³-hybridized carbons (Fsp3) is 0.115. The highest BCUT2D eigenvalue weighted by Gasteiger charge is 2.21. The predicted molar refractivity (Wildman–Crippen MR) is 127 cm³/mol. The minimum absolute atomic E-state index is 0.131. The molecule has 4 rings (SSSR count). The first-order chi connectivity index (χ1) is 15.5. The van der Waals surface area contributed by atoms with Gasteiger partial charge in [0.05, 0.1) is 29.7 Å². The normalized spacial score (nSPS) is 10.6. The number of rotatable bonds is 4. The number of anilines is 3. The molecule has 0 aliphatic carbocycles. The number of aryl methyl sites for hydroxylation is 2. The van der Waals surface area contributed by atoms with Crippen molar-refractivity contribution in [3.63, 3.8) is 0 Å². The number of carbonyl (C=O) groups is 2. The van der Waals surface area contributed by atoms with Crippen molar-refractivity contribution in [1.29, 1.82) is 0 Å². The maximum Gasteiger partial charge on any atom is 0.356 e. The molecular formula is C26H23N3O3. The van der Waals surface area contributed by atoms with Gasteiger partial charge < -0.3 is 10.1 Å². The minimum Gasteiger partial charge on any atom is -0.464 e. The lowest BCUT2D eigenvalue weighted by Crippen LogP contribution is -2.31. The zero-order chi connectivity index (χ0) is 22.7. The van der Waals surface area contributed by atoms with Gasteiger partial charge in [0.2, 0.25) is 0 Å². The van der Waals surface area contributed by atoms with Gasteiger partial charge in [-0.3, -0.25) is 4.90 Å². The second-order valence-corrected chi connectivity index (χ2v) is 7.46. The highest BCUT2D eigenvalue weighted by atomic mass is 16.5. The van der Waals surface area contributed by atoms with E-state index in [1.165, 1.54) is 7.11 Å². The summed E-state index contributed by atoms with van der Waals surface area (Å²) in [6.45, 7) is 3.92. The van der Waals surface area contributed by atoms with E-state index >= 15 is 0 Å². The van der Waals surface area contributed by atoms with Gasteiger partial charge in [-0.1, -0.05) is 42.5 Å². The third-order valence-electron chi connectivity index (χ3n) is 5.12. The lowest BCUT2D eigenvalue weighted by molar-refractivity contribution is 0.0594. The van der Waals surface area contributed by atoms with Crippen molar-refractivity contribution in [3.05, 3.63) is 95.7 Å². The maximum absolute atomic E-state index is 13.6. The van der Waals surface area contributed by atoms with E-state index in [0.29, 0.717) is 11.2 Å². The number of fused-ring (bicyclic) bond motifs is 1. The van der Waals surface area contributed by atoms with Crippen molar-refractivity contribution in [2.75, 3.05) is 17.3 Å². The molecule has 6 heteroatoms. The molecule has 0 saturated carbocycles. The van der Waals surface area contributed by atoms with Crippen LogP contribution in [-0.4, -0.2) is 24.1 Å². The molecule has 0 spiro atoms. The molecule has 0 fully saturated rings. The van der Waals surface area contributed by atoms with Gasteiger partial charge >= 0.3 is 12.0 Å². The third-order valence-corrected chi connectivity index (χ3v) is 5.12. The molecule has 0 saturated heterocycles. The number of hydrogen-bond donors (Lipinski definition) is 1. The van der Waals surface area contributed by atoms with Gasteiger partial charge in [-0.2, -0.15) is 0 Å². The van der Waals surface area contributed by atoms with E-state index in [9.17, 15) is 9.59 Å². The number of amides is 2. The average molecular weight is 425 g/mol. The van der Waals surface area contributed by atoms with Crippen LogP contribution in [0.4, 0.5) is 21.9 Å². The van der Waals surface area contributed by atoms with Crippen LogP contribution in [-0.2, 0) is 4.74 Å². The number of methoxy groups -OCH3 is 1. The summed E-state index contributed by atoms with van der Waals surface area (Å²) in [4.78, 5) is 31.8. The Hall–Kier alpha value is -4.19. The highest BCUT2D eigenvalue weighted by Crippen LogP contribution is 2.31. The van der Waals surface area contributed by atoms with Crippen LogP contribution >= 0.6 is 0 Å². The van der Waals surface area contributed by atoms with Crippen molar-refractivity contribution in [1.82, 2.24) is 4.98 Å². The molecule has 1 N–H and O–H groups in total. The zero-order valence-corrected chi connectivity index (χ0v) is 18.1. The number of urea groups is 1. The summed E-state index contributed by atoms with van der Waals surface area (Å²) in [5, 5.41) is 3.78. The molecule has 3 aromatic carbocycles. The Morgan fingerprint density at radius 2 is 1.47 bits per heavy atom. The number of ether oxygens (including phenoxy) is 1. The van der Waals surface area contributed by atoms with Gasteiger partial charge in [-0.25, -0.2) is 14.6 Å². The largest absolute Gasteiger partial charge is 0.464 e. The summed E-state index contributed by atoms with van der Waals surface area (Å²) in [6, 6.07) is 23.9. The van der Waals surface area contributed by atoms with Crippen LogP contribution in [0.1, 0.15) is 21.6 Å². The molecule has 1 heterocycles. The fourth-order valence-electron chi connectivity index (χ4n) is 3.77. The lowest BCUT2D eigenvalue weighted by Gasteiger charge is -2.24. The van der Waals surface area contributed by atoms with E-state index in [2.05, 4.69) is 10.3 Å². The maximum atomic E-state index is 13.6. The van der Waals surface area contributed by atoms with Gasteiger partial charge in [0.1, 0.15) is 0 Å². The number of aromatic nitrogens is 1. The first kappa shape index (κ1) is 21.1. The van der Waals surface area contributed by atoms with E-state index in [0.717, 1.165) is 27.9 Å². The molecule has 6 nitrogen and oxygen atoms in total. The molecule has 160 valence electrons. The number of nitrogens with one attached hydrogen (secondary N) is 1. The van der Waals surface area contributed by atoms with Crippen LogP contribution in [0.5, 0.6) is 0 Å². The Morgan fingerprint density at radius 1 is 0.875 bits per heavy atom. The second kappa shape index (κ2) is 8.89. The Labute approximate surface area is 186 Å². The predicted octanol–water partition coefficient (Wildman–Crippen LogP) is 6.01. The number of esters is 1. The fourth-order valence-corrected chi connectivity index (χ4v) is 3.77. The Bertz CT molecular complexity index is 1250. The molecule has 0 aliphatic heterocycles. The van der Waals surface area contributed by atoms with E-state index in [1.807, 2.05) is 86.6 Å². The Balaban J connectivity index is 1.83. The SMILES string of the molecule is COC(=O)c1cc(NC(=O)N(c2ccccc2)c2ccccc2)c2c(C)cc(C)cc2n1. The number of nitrogens with zero attached hydrogens (tertiary/aromatic N) is 2. The standard InChI is InChI=1S/C26H23N3O3/c1-17-14-18(2)24-21(15-17)27-23(25(30)32-3)16-22(24)28-26(31)29(19-10-6-4-7-11-19)20-12-8-5-9-13-20/h4-16H,1-3H3,(H,27,28,31).